The third-order valence-corrected chi connectivity index (χ3v) is 14.2. The number of halogens is 1. The lowest BCUT2D eigenvalue weighted by atomic mass is 9.91. The largest absolute Gasteiger partial charge is 0.497 e. The van der Waals surface area contributed by atoms with Gasteiger partial charge in [-0.25, -0.2) is 17.8 Å². The van der Waals surface area contributed by atoms with Crippen molar-refractivity contribution in [1.82, 2.24) is 25.1 Å². The van der Waals surface area contributed by atoms with Crippen LogP contribution in [-0.2, 0) is 24.4 Å². The maximum absolute atomic E-state index is 14.6. The van der Waals surface area contributed by atoms with E-state index in [1.165, 1.54) is 36.5 Å². The van der Waals surface area contributed by atoms with Gasteiger partial charge in [0.15, 0.2) is 11.5 Å². The number of nitrogens with one attached hydrogen (secondary N) is 2. The number of Topliss-reactive ketones (excluding diaryl/α,β-unsaturated/α-hetero) is 1. The summed E-state index contributed by atoms with van der Waals surface area (Å²) in [7, 11) is -2.47. The summed E-state index contributed by atoms with van der Waals surface area (Å²) in [4.78, 5) is 62.6. The number of methoxy groups -OCH3 is 1. The molecule has 5 atom stereocenters. The summed E-state index contributed by atoms with van der Waals surface area (Å²) in [5.41, 5.74) is -0.850. The summed E-state index contributed by atoms with van der Waals surface area (Å²) in [5, 5.41) is 8.24. The van der Waals surface area contributed by atoms with Gasteiger partial charge in [0.25, 0.3) is 5.91 Å². The number of nitrogens with zero attached hydrogens (tertiary/aromatic N) is 3. The number of amides is 3. The fraction of sp³-hybridized carbons (Fsp3) is 0.463. The quantitative estimate of drug-likeness (QED) is 0.177. The Hall–Kier alpha value is -5.38. The Morgan fingerprint density at radius 3 is 2.60 bits per heavy atom. The lowest BCUT2D eigenvalue weighted by Crippen LogP contribution is -2.52. The standard InChI is InChI=1S/C41H44FN5O9S/c1-40(15-16-40)57(52,53)46-39(51)41-21-24(41)8-6-4-3-5-7-9-32(43-36(49)31-14-17-55-45-31)38(50)47-23-27(20-34(47)35(48)22-41)56-37-29-12-10-25(42)18-30(29)28-13-11-26(54-2)19-33(28)44-37/h6,8,10-14,17-19,24,27,32,34H,3-5,7,9,15-16,20-23H2,1-2H3,(H,43,49)(H,46,51)/b8-6-/t24-,27-,32+,34+,41-/m1/s1. The van der Waals surface area contributed by atoms with Crippen molar-refractivity contribution in [2.45, 2.75) is 94.1 Å². The zero-order valence-electron chi connectivity index (χ0n) is 31.7. The molecule has 4 heterocycles. The van der Waals surface area contributed by atoms with Crippen LogP contribution in [0.5, 0.6) is 11.6 Å². The van der Waals surface area contributed by atoms with Crippen LogP contribution in [0.1, 0.15) is 81.6 Å². The van der Waals surface area contributed by atoms with Gasteiger partial charge in [-0.05, 0) is 87.1 Å². The number of aromatic nitrogens is 2. The van der Waals surface area contributed by atoms with Crippen LogP contribution in [0.3, 0.4) is 0 Å². The molecule has 2 aromatic heterocycles. The van der Waals surface area contributed by atoms with Gasteiger partial charge in [-0.1, -0.05) is 30.2 Å². The topological polar surface area (TPSA) is 187 Å². The average Bonchev–Trinajstić information content (AvgIpc) is 3.93. The highest BCUT2D eigenvalue weighted by molar-refractivity contribution is 7.91. The lowest BCUT2D eigenvalue weighted by Gasteiger charge is -2.29. The number of pyridine rings is 1. The molecule has 2 aliphatic heterocycles. The molecule has 0 radical (unpaired) electrons. The number of ether oxygens (including phenoxy) is 2. The smallest absolute Gasteiger partial charge is 0.274 e. The molecule has 2 saturated carbocycles. The maximum Gasteiger partial charge on any atom is 0.274 e. The van der Waals surface area contributed by atoms with Crippen molar-refractivity contribution in [2.75, 3.05) is 13.7 Å². The molecule has 4 aliphatic rings. The van der Waals surface area contributed by atoms with Crippen LogP contribution in [-0.4, -0.2) is 83.6 Å². The Morgan fingerprint density at radius 2 is 1.84 bits per heavy atom. The highest BCUT2D eigenvalue weighted by Gasteiger charge is 2.62. The van der Waals surface area contributed by atoms with Crippen LogP contribution in [0.15, 0.2) is 65.4 Å². The van der Waals surface area contributed by atoms with E-state index >= 15 is 0 Å². The molecular formula is C41H44FN5O9S. The van der Waals surface area contributed by atoms with Gasteiger partial charge < -0.3 is 24.2 Å². The van der Waals surface area contributed by atoms with Crippen molar-refractivity contribution in [3.63, 3.8) is 0 Å². The van der Waals surface area contributed by atoms with E-state index in [1.807, 2.05) is 12.2 Å². The molecule has 300 valence electrons. The third kappa shape index (κ3) is 7.46. The number of hydrogen-bond acceptors (Lipinski definition) is 11. The molecule has 2 aliphatic carbocycles. The van der Waals surface area contributed by atoms with Crippen LogP contribution in [0.25, 0.3) is 21.7 Å². The first-order valence-corrected chi connectivity index (χ1v) is 20.8. The SMILES string of the molecule is COc1ccc2c(c1)nc(O[C@@H]1C[C@H]3C(=O)C[C@]4(C(=O)NS(=O)(=O)C5(C)CC5)C[C@H]4/C=C\CCCCC[C@H](NC(=O)c4ccon4)C(=O)N3C1)c1ccc(F)cc12. The number of hydrogen-bond donors (Lipinski definition) is 2. The Kier molecular flexibility index (Phi) is 10.0. The van der Waals surface area contributed by atoms with Crippen molar-refractivity contribution in [3.8, 4) is 11.6 Å². The summed E-state index contributed by atoms with van der Waals surface area (Å²) in [5.74, 6) is -2.42. The Balaban J connectivity index is 1.14. The van der Waals surface area contributed by atoms with Gasteiger partial charge in [-0.15, -0.1) is 0 Å². The molecule has 0 bridgehead atoms. The molecule has 0 spiro atoms. The molecule has 2 aromatic carbocycles. The number of carbonyl (C=O) groups is 4. The number of rotatable bonds is 8. The van der Waals surface area contributed by atoms with Crippen LogP contribution in [0.2, 0.25) is 0 Å². The predicted octanol–water partition coefficient (Wildman–Crippen LogP) is 5.15. The second-order valence-corrected chi connectivity index (χ2v) is 18.1. The molecule has 57 heavy (non-hydrogen) atoms. The summed E-state index contributed by atoms with van der Waals surface area (Å²) < 4.78 is 59.1. The number of allylic oxidation sites excluding steroid dienone is 2. The molecule has 4 aromatic rings. The number of sulfonamides is 1. The van der Waals surface area contributed by atoms with E-state index in [9.17, 15) is 32.0 Å². The van der Waals surface area contributed by atoms with Crippen molar-refractivity contribution in [2.24, 2.45) is 11.3 Å². The summed E-state index contributed by atoms with van der Waals surface area (Å²) >= 11 is 0. The van der Waals surface area contributed by atoms with E-state index in [4.69, 9.17) is 19.0 Å². The fourth-order valence-corrected chi connectivity index (χ4v) is 9.48. The van der Waals surface area contributed by atoms with Gasteiger partial charge in [0.1, 0.15) is 30.0 Å². The van der Waals surface area contributed by atoms with Gasteiger partial charge in [0.2, 0.25) is 27.7 Å². The van der Waals surface area contributed by atoms with Crippen LogP contribution in [0, 0.1) is 17.2 Å². The minimum absolute atomic E-state index is 0.0100. The minimum Gasteiger partial charge on any atom is -0.497 e. The number of fused-ring (bicyclic) bond motifs is 5. The first-order chi connectivity index (χ1) is 27.3. The minimum atomic E-state index is -3.99. The van der Waals surface area contributed by atoms with E-state index in [0.717, 1.165) is 12.8 Å². The number of ketones is 1. The maximum atomic E-state index is 14.6. The summed E-state index contributed by atoms with van der Waals surface area (Å²) in [6.07, 6.45) is 8.25. The van der Waals surface area contributed by atoms with Crippen LogP contribution < -0.4 is 19.5 Å². The van der Waals surface area contributed by atoms with E-state index in [0.29, 0.717) is 53.1 Å². The molecule has 0 unspecified atom stereocenters. The zero-order valence-corrected chi connectivity index (χ0v) is 32.5. The lowest BCUT2D eigenvalue weighted by molar-refractivity contribution is -0.140. The molecule has 8 rings (SSSR count). The van der Waals surface area contributed by atoms with E-state index < -0.39 is 67.7 Å². The van der Waals surface area contributed by atoms with Gasteiger partial charge >= 0.3 is 0 Å². The van der Waals surface area contributed by atoms with Gasteiger partial charge in [-0.3, -0.25) is 23.9 Å². The second-order valence-electron chi connectivity index (χ2n) is 15.9. The van der Waals surface area contributed by atoms with Crippen molar-refractivity contribution < 1.29 is 46.0 Å². The number of carbonyl (C=O) groups excluding carboxylic acids is 4. The molecule has 14 nitrogen and oxygen atoms in total. The molecule has 3 amide bonds. The highest BCUT2D eigenvalue weighted by atomic mass is 32.2. The highest BCUT2D eigenvalue weighted by Crippen LogP contribution is 2.57. The summed E-state index contributed by atoms with van der Waals surface area (Å²) in [6, 6.07) is 8.76. The van der Waals surface area contributed by atoms with Crippen LogP contribution >= 0.6 is 0 Å². The summed E-state index contributed by atoms with van der Waals surface area (Å²) in [6.45, 7) is 1.52. The Labute approximate surface area is 328 Å². The second kappa shape index (κ2) is 14.8. The van der Waals surface area contributed by atoms with E-state index in [-0.39, 0.29) is 49.7 Å². The normalized spacial score (nSPS) is 26.8. The third-order valence-electron chi connectivity index (χ3n) is 12.0. The molecule has 3 fully saturated rings. The monoisotopic (exact) mass is 801 g/mol. The zero-order chi connectivity index (χ0) is 40.1. The van der Waals surface area contributed by atoms with Crippen molar-refractivity contribution in [3.05, 3.63) is 72.4 Å². The van der Waals surface area contributed by atoms with Gasteiger partial charge in [0, 0.05) is 35.7 Å². The molecule has 16 heteroatoms. The number of benzene rings is 2. The molecular weight excluding hydrogens is 758 g/mol. The Morgan fingerprint density at radius 1 is 1.04 bits per heavy atom. The van der Waals surface area contributed by atoms with Gasteiger partial charge in [-0.2, -0.15) is 0 Å². The van der Waals surface area contributed by atoms with Crippen molar-refractivity contribution in [1.29, 1.82) is 0 Å². The Bertz CT molecular complexity index is 2400. The first-order valence-electron chi connectivity index (χ1n) is 19.3. The fourth-order valence-electron chi connectivity index (χ4n) is 8.15. The molecule has 2 N–H and O–H groups in total. The predicted molar refractivity (Wildman–Crippen MR) is 205 cm³/mol. The van der Waals surface area contributed by atoms with Crippen LogP contribution in [0.4, 0.5) is 4.39 Å². The van der Waals surface area contributed by atoms with Crippen molar-refractivity contribution >= 4 is 55.2 Å². The average molecular weight is 802 g/mol. The van der Waals surface area contributed by atoms with E-state index in [2.05, 4.69) is 15.2 Å². The molecule has 1 saturated heterocycles. The van der Waals surface area contributed by atoms with E-state index in [1.54, 1.807) is 31.2 Å². The first kappa shape index (κ1) is 38.5. The van der Waals surface area contributed by atoms with Gasteiger partial charge in [0.05, 0.1) is 35.4 Å².